The van der Waals surface area contributed by atoms with Gasteiger partial charge in [-0.1, -0.05) is 42.1 Å². The zero-order valence-corrected chi connectivity index (χ0v) is 12.5. The third-order valence-electron chi connectivity index (χ3n) is 3.02. The van der Waals surface area contributed by atoms with Crippen molar-refractivity contribution < 1.29 is 15.0 Å². The van der Waals surface area contributed by atoms with E-state index in [9.17, 15) is 9.90 Å². The summed E-state index contributed by atoms with van der Waals surface area (Å²) in [6, 6.07) is 10.00. The molecule has 21 heavy (non-hydrogen) atoms. The Morgan fingerprint density at radius 1 is 1.33 bits per heavy atom. The molecule has 1 heterocycles. The van der Waals surface area contributed by atoms with Gasteiger partial charge in [0.2, 0.25) is 0 Å². The van der Waals surface area contributed by atoms with Crippen molar-refractivity contribution in [1.29, 1.82) is 0 Å². The summed E-state index contributed by atoms with van der Waals surface area (Å²) in [5.41, 5.74) is 1.16. The maximum absolute atomic E-state index is 10.7. The molecule has 1 unspecified atom stereocenters. The maximum atomic E-state index is 10.7. The van der Waals surface area contributed by atoms with E-state index in [1.54, 1.807) is 4.57 Å². The molecule has 6 nitrogen and oxygen atoms in total. The van der Waals surface area contributed by atoms with E-state index in [4.69, 9.17) is 5.11 Å². The van der Waals surface area contributed by atoms with Crippen molar-refractivity contribution in [2.75, 3.05) is 5.75 Å². The molecule has 0 aliphatic rings. The third-order valence-corrected chi connectivity index (χ3v) is 3.94. The van der Waals surface area contributed by atoms with Crippen LogP contribution in [0.5, 0.6) is 0 Å². The molecule has 0 aliphatic heterocycles. The first-order valence-corrected chi connectivity index (χ1v) is 7.53. The molecule has 0 bridgehead atoms. The van der Waals surface area contributed by atoms with Crippen LogP contribution in [0.15, 0.2) is 35.5 Å². The smallest absolute Gasteiger partial charge is 0.313 e. The van der Waals surface area contributed by atoms with Crippen molar-refractivity contribution in [3.63, 3.8) is 0 Å². The molecule has 1 aromatic heterocycles. The van der Waals surface area contributed by atoms with E-state index in [-0.39, 0.29) is 18.4 Å². The van der Waals surface area contributed by atoms with E-state index >= 15 is 0 Å². The molecule has 2 N–H and O–H groups in total. The number of aliphatic hydroxyl groups is 1. The van der Waals surface area contributed by atoms with Gasteiger partial charge in [-0.05, 0) is 18.9 Å². The number of aliphatic carboxylic acids is 1. The fraction of sp³-hybridized carbons (Fsp3) is 0.357. The summed E-state index contributed by atoms with van der Waals surface area (Å²) in [5, 5.41) is 26.6. The highest BCUT2D eigenvalue weighted by Crippen LogP contribution is 2.24. The van der Waals surface area contributed by atoms with Crippen molar-refractivity contribution in [2.45, 2.75) is 31.1 Å². The Hall–Kier alpha value is -1.86. The number of thioether (sulfide) groups is 1. The third kappa shape index (κ3) is 4.05. The number of nitrogens with zero attached hydrogens (tertiary/aromatic N) is 3. The SMILES string of the molecule is CC(Cc1ccccc1)n1c(CO)nnc1SCC(=O)O. The summed E-state index contributed by atoms with van der Waals surface area (Å²) in [7, 11) is 0. The van der Waals surface area contributed by atoms with Crippen molar-refractivity contribution in [1.82, 2.24) is 14.8 Å². The first kappa shape index (κ1) is 15.5. The van der Waals surface area contributed by atoms with Crippen LogP contribution in [0.1, 0.15) is 24.4 Å². The zero-order chi connectivity index (χ0) is 15.2. The minimum Gasteiger partial charge on any atom is -0.481 e. The van der Waals surface area contributed by atoms with Crippen molar-refractivity contribution >= 4 is 17.7 Å². The van der Waals surface area contributed by atoms with Gasteiger partial charge < -0.3 is 14.8 Å². The number of hydrogen-bond acceptors (Lipinski definition) is 5. The molecule has 7 heteroatoms. The van der Waals surface area contributed by atoms with Gasteiger partial charge >= 0.3 is 5.97 Å². The molecular weight excluding hydrogens is 290 g/mol. The Morgan fingerprint density at radius 3 is 2.67 bits per heavy atom. The number of carboxylic acids is 1. The van der Waals surface area contributed by atoms with Gasteiger partial charge in [0, 0.05) is 6.04 Å². The number of benzene rings is 1. The van der Waals surface area contributed by atoms with E-state index in [1.807, 2.05) is 37.3 Å². The number of aromatic nitrogens is 3. The molecule has 1 aromatic carbocycles. The summed E-state index contributed by atoms with van der Waals surface area (Å²) in [6.45, 7) is 1.78. The van der Waals surface area contributed by atoms with Crippen LogP contribution in [0.4, 0.5) is 0 Å². The van der Waals surface area contributed by atoms with E-state index < -0.39 is 5.97 Å². The molecule has 0 saturated carbocycles. The Bertz CT molecular complexity index is 601. The minimum atomic E-state index is -0.907. The van der Waals surface area contributed by atoms with E-state index in [2.05, 4.69) is 10.2 Å². The molecule has 2 rings (SSSR count). The standard InChI is InChI=1S/C14H17N3O3S/c1-10(7-11-5-3-2-4-6-11)17-12(8-18)15-16-14(17)21-9-13(19)20/h2-6,10,18H,7-9H2,1H3,(H,19,20). The lowest BCUT2D eigenvalue weighted by atomic mass is 10.1. The van der Waals surface area contributed by atoms with Gasteiger partial charge in [-0.3, -0.25) is 4.79 Å². The summed E-state index contributed by atoms with van der Waals surface area (Å²) in [5.74, 6) is -0.538. The average molecular weight is 307 g/mol. The number of carboxylic acid groups (broad SMARTS) is 1. The van der Waals surface area contributed by atoms with E-state index in [0.29, 0.717) is 11.0 Å². The van der Waals surface area contributed by atoms with Crippen molar-refractivity contribution in [3.8, 4) is 0 Å². The van der Waals surface area contributed by atoms with Gasteiger partial charge in [-0.25, -0.2) is 0 Å². The van der Waals surface area contributed by atoms with E-state index in [1.165, 1.54) is 0 Å². The normalized spacial score (nSPS) is 12.3. The first-order valence-electron chi connectivity index (χ1n) is 6.55. The quantitative estimate of drug-likeness (QED) is 0.758. The summed E-state index contributed by atoms with van der Waals surface area (Å²) in [4.78, 5) is 10.7. The lowest BCUT2D eigenvalue weighted by Crippen LogP contribution is -2.14. The Kier molecular flexibility index (Phi) is 5.35. The highest BCUT2D eigenvalue weighted by atomic mass is 32.2. The van der Waals surface area contributed by atoms with Crippen LogP contribution in [0, 0.1) is 0 Å². The topological polar surface area (TPSA) is 88.2 Å². The van der Waals surface area contributed by atoms with Crippen LogP contribution >= 0.6 is 11.8 Å². The maximum Gasteiger partial charge on any atom is 0.313 e. The molecule has 0 spiro atoms. The summed E-state index contributed by atoms with van der Waals surface area (Å²) < 4.78 is 1.81. The monoisotopic (exact) mass is 307 g/mol. The van der Waals surface area contributed by atoms with Crippen LogP contribution in [-0.4, -0.2) is 36.7 Å². The second-order valence-electron chi connectivity index (χ2n) is 4.65. The molecule has 0 aliphatic carbocycles. The lowest BCUT2D eigenvalue weighted by molar-refractivity contribution is -0.133. The number of aliphatic hydroxyl groups excluding tert-OH is 1. The largest absolute Gasteiger partial charge is 0.481 e. The van der Waals surface area contributed by atoms with Crippen molar-refractivity contribution in [2.24, 2.45) is 0 Å². The van der Waals surface area contributed by atoms with E-state index in [0.717, 1.165) is 23.7 Å². The van der Waals surface area contributed by atoms with Crippen LogP contribution in [0.25, 0.3) is 0 Å². The van der Waals surface area contributed by atoms with Gasteiger partial charge in [0.15, 0.2) is 11.0 Å². The first-order chi connectivity index (χ1) is 10.1. The number of carbonyl (C=O) groups is 1. The predicted octanol–water partition coefficient (Wildman–Crippen LogP) is 1.75. The molecule has 2 aromatic rings. The van der Waals surface area contributed by atoms with Crippen LogP contribution in [-0.2, 0) is 17.8 Å². The number of rotatable bonds is 7. The van der Waals surface area contributed by atoms with Gasteiger partial charge in [-0.15, -0.1) is 10.2 Å². The molecule has 0 saturated heterocycles. The lowest BCUT2D eigenvalue weighted by Gasteiger charge is -2.17. The highest BCUT2D eigenvalue weighted by Gasteiger charge is 2.18. The van der Waals surface area contributed by atoms with Gasteiger partial charge in [-0.2, -0.15) is 0 Å². The Morgan fingerprint density at radius 2 is 2.05 bits per heavy atom. The molecule has 112 valence electrons. The zero-order valence-electron chi connectivity index (χ0n) is 11.6. The van der Waals surface area contributed by atoms with Gasteiger partial charge in [0.1, 0.15) is 6.61 Å². The van der Waals surface area contributed by atoms with Crippen LogP contribution in [0.2, 0.25) is 0 Å². The van der Waals surface area contributed by atoms with Gasteiger partial charge in [0.05, 0.1) is 5.75 Å². The minimum absolute atomic E-state index is 0.0286. The molecule has 0 amide bonds. The fourth-order valence-electron chi connectivity index (χ4n) is 2.13. The molecule has 1 atom stereocenters. The summed E-state index contributed by atoms with van der Waals surface area (Å²) in [6.07, 6.45) is 0.756. The highest BCUT2D eigenvalue weighted by molar-refractivity contribution is 7.99. The Labute approximate surface area is 126 Å². The predicted molar refractivity (Wildman–Crippen MR) is 79.2 cm³/mol. The Balaban J connectivity index is 2.19. The van der Waals surface area contributed by atoms with Crippen molar-refractivity contribution in [3.05, 3.63) is 41.7 Å². The fourth-order valence-corrected chi connectivity index (χ4v) is 2.90. The molecule has 0 fully saturated rings. The molecular formula is C14H17N3O3S. The van der Waals surface area contributed by atoms with Crippen LogP contribution < -0.4 is 0 Å². The second-order valence-corrected chi connectivity index (χ2v) is 5.59. The molecule has 0 radical (unpaired) electrons. The average Bonchev–Trinajstić information content (AvgIpc) is 2.89. The second kappa shape index (κ2) is 7.24. The summed E-state index contributed by atoms with van der Waals surface area (Å²) >= 11 is 1.11. The van der Waals surface area contributed by atoms with Gasteiger partial charge in [0.25, 0.3) is 0 Å². The number of hydrogen-bond donors (Lipinski definition) is 2. The van der Waals surface area contributed by atoms with Crippen LogP contribution in [0.3, 0.4) is 0 Å².